The fourth-order valence-electron chi connectivity index (χ4n) is 3.60. The second kappa shape index (κ2) is 8.16. The fraction of sp³-hybridized carbons (Fsp3) is 0.300. The van der Waals surface area contributed by atoms with Crippen LogP contribution in [0.25, 0.3) is 0 Å². The molecule has 4 rings (SSSR count). The summed E-state index contributed by atoms with van der Waals surface area (Å²) >= 11 is 6.37. The number of benzene rings is 2. The number of carbonyl (C=O) groups is 2. The Labute approximate surface area is 179 Å². The second-order valence-electron chi connectivity index (χ2n) is 7.18. The number of halogens is 1. The molecule has 0 bridgehead atoms. The van der Waals surface area contributed by atoms with E-state index < -0.39 is 10.0 Å². The maximum atomic E-state index is 12.6. The van der Waals surface area contributed by atoms with Gasteiger partial charge in [0.1, 0.15) is 0 Å². The average Bonchev–Trinajstić information content (AvgIpc) is 3.07. The minimum atomic E-state index is -3.25. The van der Waals surface area contributed by atoms with Crippen molar-refractivity contribution in [2.24, 2.45) is 0 Å². The van der Waals surface area contributed by atoms with E-state index in [2.05, 4.69) is 10.6 Å². The molecule has 0 radical (unpaired) electrons. The number of hydrogen-bond acceptors (Lipinski definition) is 5. The van der Waals surface area contributed by atoms with E-state index in [1.807, 2.05) is 4.90 Å². The van der Waals surface area contributed by atoms with E-state index in [9.17, 15) is 18.0 Å². The molecule has 0 aliphatic carbocycles. The zero-order valence-electron chi connectivity index (χ0n) is 16.1. The van der Waals surface area contributed by atoms with Crippen LogP contribution in [-0.4, -0.2) is 52.2 Å². The number of nitrogens with zero attached hydrogens (tertiary/aromatic N) is 2. The SMILES string of the molecule is O=C1CN(c2ccc(NC(=O)c3ccc(N4CCCS4(=O)=O)cc3)cc2Cl)CCN1. The van der Waals surface area contributed by atoms with Crippen LogP contribution in [0.15, 0.2) is 42.5 Å². The van der Waals surface area contributed by atoms with Gasteiger partial charge in [0.05, 0.1) is 28.7 Å². The molecule has 0 saturated carbocycles. The third kappa shape index (κ3) is 4.22. The molecule has 2 aliphatic heterocycles. The van der Waals surface area contributed by atoms with Gasteiger partial charge in [0.15, 0.2) is 0 Å². The first kappa shape index (κ1) is 20.5. The van der Waals surface area contributed by atoms with Crippen molar-refractivity contribution in [2.75, 3.05) is 46.5 Å². The predicted molar refractivity (Wildman–Crippen MR) is 117 cm³/mol. The zero-order chi connectivity index (χ0) is 21.3. The van der Waals surface area contributed by atoms with E-state index in [1.54, 1.807) is 42.5 Å². The Hall–Kier alpha value is -2.78. The van der Waals surface area contributed by atoms with Gasteiger partial charge in [-0.3, -0.25) is 13.9 Å². The molecule has 8 nitrogen and oxygen atoms in total. The third-order valence-corrected chi connectivity index (χ3v) is 7.27. The molecule has 30 heavy (non-hydrogen) atoms. The number of piperazine rings is 1. The maximum Gasteiger partial charge on any atom is 0.255 e. The Kier molecular flexibility index (Phi) is 5.57. The number of rotatable bonds is 4. The standard InChI is InChI=1S/C20H21ClN4O4S/c21-17-12-15(4-7-18(17)24-10-8-22-19(26)13-24)23-20(27)14-2-5-16(6-3-14)25-9-1-11-30(25,28)29/h2-7,12H,1,8-11,13H2,(H,22,26)(H,23,27). The Morgan fingerprint density at radius 2 is 1.87 bits per heavy atom. The monoisotopic (exact) mass is 448 g/mol. The summed E-state index contributed by atoms with van der Waals surface area (Å²) in [5, 5.41) is 6.00. The lowest BCUT2D eigenvalue weighted by Crippen LogP contribution is -2.47. The first-order valence-electron chi connectivity index (χ1n) is 9.56. The van der Waals surface area contributed by atoms with Crippen molar-refractivity contribution >= 4 is 50.5 Å². The van der Waals surface area contributed by atoms with Crippen LogP contribution < -0.4 is 19.8 Å². The Balaban J connectivity index is 1.45. The summed E-state index contributed by atoms with van der Waals surface area (Å²) in [4.78, 5) is 26.0. The molecule has 0 atom stereocenters. The summed E-state index contributed by atoms with van der Waals surface area (Å²) in [6.07, 6.45) is 0.601. The number of nitrogens with one attached hydrogen (secondary N) is 2. The first-order chi connectivity index (χ1) is 14.3. The van der Waals surface area contributed by atoms with Gasteiger partial charge >= 0.3 is 0 Å². The van der Waals surface area contributed by atoms with Gasteiger partial charge in [-0.05, 0) is 48.9 Å². The quantitative estimate of drug-likeness (QED) is 0.746. The molecular formula is C20H21ClN4O4S. The van der Waals surface area contributed by atoms with Crippen LogP contribution >= 0.6 is 11.6 Å². The van der Waals surface area contributed by atoms with Crippen LogP contribution in [0, 0.1) is 0 Å². The van der Waals surface area contributed by atoms with E-state index >= 15 is 0 Å². The smallest absolute Gasteiger partial charge is 0.255 e. The van der Waals surface area contributed by atoms with Gasteiger partial charge in [0, 0.05) is 30.9 Å². The van der Waals surface area contributed by atoms with E-state index in [1.165, 1.54) is 4.31 Å². The summed E-state index contributed by atoms with van der Waals surface area (Å²) in [5.41, 5.74) is 2.23. The highest BCUT2D eigenvalue weighted by atomic mass is 35.5. The Morgan fingerprint density at radius 1 is 1.10 bits per heavy atom. The van der Waals surface area contributed by atoms with E-state index in [0.29, 0.717) is 48.0 Å². The summed E-state index contributed by atoms with van der Waals surface area (Å²) in [7, 11) is -3.25. The Morgan fingerprint density at radius 3 is 2.50 bits per heavy atom. The molecule has 2 fully saturated rings. The van der Waals surface area contributed by atoms with E-state index in [4.69, 9.17) is 11.6 Å². The molecule has 2 aromatic carbocycles. The van der Waals surface area contributed by atoms with Gasteiger partial charge in [-0.2, -0.15) is 0 Å². The van der Waals surface area contributed by atoms with Crippen LogP contribution in [-0.2, 0) is 14.8 Å². The number of anilines is 3. The normalized spacial score (nSPS) is 18.2. The lowest BCUT2D eigenvalue weighted by atomic mass is 10.1. The highest BCUT2D eigenvalue weighted by Crippen LogP contribution is 2.30. The molecule has 2 amide bonds. The van der Waals surface area contributed by atoms with Crippen LogP contribution in [0.4, 0.5) is 17.1 Å². The fourth-order valence-corrected chi connectivity index (χ4v) is 5.46. The minimum absolute atomic E-state index is 0.0557. The highest BCUT2D eigenvalue weighted by molar-refractivity contribution is 7.93. The molecule has 2 aliphatic rings. The van der Waals surface area contributed by atoms with E-state index in [-0.39, 0.29) is 24.1 Å². The molecule has 158 valence electrons. The van der Waals surface area contributed by atoms with Crippen molar-refractivity contribution in [3.8, 4) is 0 Å². The molecule has 10 heteroatoms. The lowest BCUT2D eigenvalue weighted by Gasteiger charge is -2.29. The van der Waals surface area contributed by atoms with Gasteiger partial charge in [-0.15, -0.1) is 0 Å². The highest BCUT2D eigenvalue weighted by Gasteiger charge is 2.28. The van der Waals surface area contributed by atoms with Crippen LogP contribution in [0.1, 0.15) is 16.8 Å². The summed E-state index contributed by atoms with van der Waals surface area (Å²) < 4.78 is 25.4. The molecule has 2 heterocycles. The largest absolute Gasteiger partial charge is 0.359 e. The first-order valence-corrected chi connectivity index (χ1v) is 11.6. The number of hydrogen-bond donors (Lipinski definition) is 2. The number of carbonyl (C=O) groups excluding carboxylic acids is 2. The molecule has 0 aromatic heterocycles. The summed E-state index contributed by atoms with van der Waals surface area (Å²) in [6.45, 7) is 1.92. The van der Waals surface area contributed by atoms with E-state index in [0.717, 1.165) is 5.69 Å². The van der Waals surface area contributed by atoms with Crippen molar-refractivity contribution in [1.82, 2.24) is 5.32 Å². The molecule has 2 N–H and O–H groups in total. The molecule has 0 unspecified atom stereocenters. The molecule has 0 spiro atoms. The van der Waals surface area contributed by atoms with Crippen molar-refractivity contribution in [1.29, 1.82) is 0 Å². The van der Waals surface area contributed by atoms with Crippen molar-refractivity contribution < 1.29 is 18.0 Å². The average molecular weight is 449 g/mol. The predicted octanol–water partition coefficient (Wildman–Crippen LogP) is 2.07. The second-order valence-corrected chi connectivity index (χ2v) is 9.60. The van der Waals surface area contributed by atoms with Crippen molar-refractivity contribution in [3.63, 3.8) is 0 Å². The molecule has 2 saturated heterocycles. The van der Waals surface area contributed by atoms with Crippen LogP contribution in [0.5, 0.6) is 0 Å². The summed E-state index contributed by atoms with van der Waals surface area (Å²) in [5.74, 6) is -0.236. The molecule has 2 aromatic rings. The summed E-state index contributed by atoms with van der Waals surface area (Å²) in [6, 6.07) is 11.6. The maximum absolute atomic E-state index is 12.6. The van der Waals surface area contributed by atoms with Gasteiger partial charge in [-0.25, -0.2) is 8.42 Å². The number of sulfonamides is 1. The third-order valence-electron chi connectivity index (χ3n) is 5.10. The van der Waals surface area contributed by atoms with Gasteiger partial charge in [0.25, 0.3) is 5.91 Å². The van der Waals surface area contributed by atoms with Gasteiger partial charge in [-0.1, -0.05) is 11.6 Å². The minimum Gasteiger partial charge on any atom is -0.359 e. The van der Waals surface area contributed by atoms with Gasteiger partial charge < -0.3 is 15.5 Å². The van der Waals surface area contributed by atoms with Crippen LogP contribution in [0.2, 0.25) is 5.02 Å². The van der Waals surface area contributed by atoms with Crippen molar-refractivity contribution in [2.45, 2.75) is 6.42 Å². The van der Waals surface area contributed by atoms with Crippen LogP contribution in [0.3, 0.4) is 0 Å². The number of amides is 2. The van der Waals surface area contributed by atoms with Gasteiger partial charge in [0.2, 0.25) is 15.9 Å². The molecular weight excluding hydrogens is 428 g/mol. The van der Waals surface area contributed by atoms with Crippen molar-refractivity contribution in [3.05, 3.63) is 53.1 Å². The lowest BCUT2D eigenvalue weighted by molar-refractivity contribution is -0.120. The Bertz CT molecular complexity index is 1090. The topological polar surface area (TPSA) is 98.8 Å². The zero-order valence-corrected chi connectivity index (χ0v) is 17.7.